The number of nitrogens with one attached hydrogen (secondary N) is 2. The van der Waals surface area contributed by atoms with E-state index in [1.807, 2.05) is 0 Å². The minimum absolute atomic E-state index is 0.0371. The first kappa shape index (κ1) is 8.23. The zero-order chi connectivity index (χ0) is 7.11. The van der Waals surface area contributed by atoms with Gasteiger partial charge in [0.1, 0.15) is 0 Å². The summed E-state index contributed by atoms with van der Waals surface area (Å²) in [4.78, 5) is 10.4. The van der Waals surface area contributed by atoms with E-state index in [1.54, 1.807) is 0 Å². The molecule has 3 N–H and O–H groups in total. The van der Waals surface area contributed by atoms with Crippen molar-refractivity contribution in [2.24, 2.45) is 0 Å². The second kappa shape index (κ2) is 5.37. The van der Waals surface area contributed by atoms with Gasteiger partial charge in [-0.3, -0.25) is 0 Å². The van der Waals surface area contributed by atoms with Gasteiger partial charge in [0.2, 0.25) is 0 Å². The fraction of sp³-hybridized carbons (Fsp3) is 0.600. The van der Waals surface area contributed by atoms with Gasteiger partial charge in [-0.1, -0.05) is 0 Å². The van der Waals surface area contributed by atoms with Crippen LogP contribution in [0.15, 0.2) is 0 Å². The number of carbonyl (C=O) groups excluding carboxylic acids is 1. The predicted molar refractivity (Wildman–Crippen MR) is 33.8 cm³/mol. The summed E-state index contributed by atoms with van der Waals surface area (Å²) >= 11 is 0. The third-order valence-corrected chi connectivity index (χ3v) is 0.683. The molecule has 0 aliphatic heterocycles. The van der Waals surface area contributed by atoms with Gasteiger partial charge in [-0.2, -0.15) is 0 Å². The predicted octanol–water partition coefficient (Wildman–Crippen LogP) is -0.888. The Kier molecular flexibility index (Phi) is 4.91. The molecule has 0 aromatic rings. The Morgan fingerprint density at radius 2 is 2.22 bits per heavy atom. The number of hydrogen-bond donors (Lipinski definition) is 3. The molecule has 1 radical (unpaired) electrons. The summed E-state index contributed by atoms with van der Waals surface area (Å²) in [6, 6.07) is -0.293. The van der Waals surface area contributed by atoms with Gasteiger partial charge >= 0.3 is 6.03 Å². The highest BCUT2D eigenvalue weighted by Crippen LogP contribution is 1.61. The van der Waals surface area contributed by atoms with Gasteiger partial charge in [0, 0.05) is 13.1 Å². The van der Waals surface area contributed by atoms with Gasteiger partial charge in [0.25, 0.3) is 0 Å². The van der Waals surface area contributed by atoms with E-state index in [0.29, 0.717) is 6.54 Å². The molecule has 0 fully saturated rings. The first-order chi connectivity index (χ1) is 4.31. The van der Waals surface area contributed by atoms with Crippen molar-refractivity contribution in [2.75, 3.05) is 19.7 Å². The van der Waals surface area contributed by atoms with E-state index in [4.69, 9.17) is 5.11 Å². The van der Waals surface area contributed by atoms with Crippen molar-refractivity contribution < 1.29 is 9.90 Å². The van der Waals surface area contributed by atoms with Crippen molar-refractivity contribution in [1.82, 2.24) is 10.6 Å². The lowest BCUT2D eigenvalue weighted by Crippen LogP contribution is -2.36. The third kappa shape index (κ3) is 5.10. The van der Waals surface area contributed by atoms with Crippen LogP contribution in [0.5, 0.6) is 0 Å². The summed E-state index contributed by atoms with van der Waals surface area (Å²) in [6.07, 6.45) is 0. The van der Waals surface area contributed by atoms with Crippen molar-refractivity contribution in [1.29, 1.82) is 0 Å². The largest absolute Gasteiger partial charge is 0.395 e. The molecule has 4 nitrogen and oxygen atoms in total. The normalized spacial score (nSPS) is 8.67. The van der Waals surface area contributed by atoms with E-state index in [-0.39, 0.29) is 19.2 Å². The molecule has 0 saturated carbocycles. The number of aliphatic hydroxyl groups excluding tert-OH is 1. The van der Waals surface area contributed by atoms with Gasteiger partial charge < -0.3 is 15.7 Å². The summed E-state index contributed by atoms with van der Waals surface area (Å²) in [7, 11) is 0. The van der Waals surface area contributed by atoms with Crippen LogP contribution in [0.4, 0.5) is 4.79 Å². The third-order valence-electron chi connectivity index (χ3n) is 0.683. The Labute approximate surface area is 54.3 Å². The molecule has 0 saturated heterocycles. The minimum Gasteiger partial charge on any atom is -0.395 e. The highest BCUT2D eigenvalue weighted by molar-refractivity contribution is 5.73. The van der Waals surface area contributed by atoms with Gasteiger partial charge in [-0.15, -0.1) is 0 Å². The molecule has 53 valence electrons. The van der Waals surface area contributed by atoms with Gasteiger partial charge in [0.05, 0.1) is 6.61 Å². The molecular weight excluding hydrogens is 120 g/mol. The van der Waals surface area contributed by atoms with Crippen molar-refractivity contribution >= 4 is 6.03 Å². The highest BCUT2D eigenvalue weighted by Gasteiger charge is 1.92. The number of aliphatic hydroxyl groups is 1. The average molecular weight is 131 g/mol. The van der Waals surface area contributed by atoms with Crippen molar-refractivity contribution in [3.63, 3.8) is 0 Å². The standard InChI is InChI=1S/C5H11N2O2/c1-2-6-5(9)7-3-4-8/h8H,1-4H2,(H2,6,7,9). The van der Waals surface area contributed by atoms with Gasteiger partial charge in [-0.25, -0.2) is 4.79 Å². The zero-order valence-corrected chi connectivity index (χ0v) is 5.18. The van der Waals surface area contributed by atoms with Crippen LogP contribution in [0.2, 0.25) is 0 Å². The lowest BCUT2D eigenvalue weighted by molar-refractivity contribution is 0.235. The maximum atomic E-state index is 10.4. The fourth-order valence-electron chi connectivity index (χ4n) is 0.345. The summed E-state index contributed by atoms with van der Waals surface area (Å²) in [5, 5.41) is 13.0. The van der Waals surface area contributed by atoms with Gasteiger partial charge in [-0.05, 0) is 6.92 Å². The quantitative estimate of drug-likeness (QED) is 0.465. The van der Waals surface area contributed by atoms with Crippen molar-refractivity contribution in [3.05, 3.63) is 6.92 Å². The molecule has 0 aliphatic carbocycles. The maximum Gasteiger partial charge on any atom is 0.314 e. The monoisotopic (exact) mass is 131 g/mol. The number of hydrogen-bond acceptors (Lipinski definition) is 2. The highest BCUT2D eigenvalue weighted by atomic mass is 16.3. The van der Waals surface area contributed by atoms with E-state index >= 15 is 0 Å². The van der Waals surface area contributed by atoms with E-state index in [0.717, 1.165) is 0 Å². The summed E-state index contributed by atoms with van der Waals surface area (Å²) < 4.78 is 0. The number of urea groups is 1. The summed E-state index contributed by atoms with van der Waals surface area (Å²) in [5.41, 5.74) is 0. The zero-order valence-electron chi connectivity index (χ0n) is 5.18. The van der Waals surface area contributed by atoms with Crippen LogP contribution in [-0.2, 0) is 0 Å². The smallest absolute Gasteiger partial charge is 0.314 e. The second-order valence-electron chi connectivity index (χ2n) is 1.41. The molecule has 0 heterocycles. The molecule has 2 amide bonds. The van der Waals surface area contributed by atoms with E-state index in [2.05, 4.69) is 17.6 Å². The van der Waals surface area contributed by atoms with Crippen LogP contribution in [0.1, 0.15) is 0 Å². The number of amides is 2. The van der Waals surface area contributed by atoms with E-state index < -0.39 is 0 Å². The Hall–Kier alpha value is -0.770. The SMILES string of the molecule is [CH2]CNC(=O)NCCO. The molecule has 9 heavy (non-hydrogen) atoms. The maximum absolute atomic E-state index is 10.4. The summed E-state index contributed by atoms with van der Waals surface area (Å²) in [5.74, 6) is 0. The fourth-order valence-corrected chi connectivity index (χ4v) is 0.345. The topological polar surface area (TPSA) is 61.4 Å². The lowest BCUT2D eigenvalue weighted by atomic mass is 10.6. The Morgan fingerprint density at radius 1 is 1.56 bits per heavy atom. The molecule has 0 atom stereocenters. The number of rotatable bonds is 3. The van der Waals surface area contributed by atoms with Crippen LogP contribution in [0.25, 0.3) is 0 Å². The van der Waals surface area contributed by atoms with E-state index in [9.17, 15) is 4.79 Å². The van der Waals surface area contributed by atoms with Crippen molar-refractivity contribution in [3.8, 4) is 0 Å². The molecule has 0 bridgehead atoms. The average Bonchev–Trinajstić information content (AvgIpc) is 1.85. The molecule has 0 unspecified atom stereocenters. The number of carbonyl (C=O) groups is 1. The summed E-state index contributed by atoms with van der Waals surface area (Å²) in [6.45, 7) is 4.00. The minimum atomic E-state index is -0.293. The lowest BCUT2D eigenvalue weighted by Gasteiger charge is -2.01. The van der Waals surface area contributed by atoms with Crippen LogP contribution >= 0.6 is 0 Å². The second-order valence-corrected chi connectivity index (χ2v) is 1.41. The molecule has 0 aromatic heterocycles. The Balaban J connectivity index is 3.06. The van der Waals surface area contributed by atoms with Crippen LogP contribution in [-0.4, -0.2) is 30.8 Å². The molecular formula is C5H11N2O2. The molecule has 4 heteroatoms. The van der Waals surface area contributed by atoms with E-state index in [1.165, 1.54) is 0 Å². The van der Waals surface area contributed by atoms with Crippen LogP contribution in [0, 0.1) is 6.92 Å². The molecule has 0 rings (SSSR count). The molecule has 0 aromatic carbocycles. The van der Waals surface area contributed by atoms with Crippen LogP contribution < -0.4 is 10.6 Å². The van der Waals surface area contributed by atoms with Crippen LogP contribution in [0.3, 0.4) is 0 Å². The molecule has 0 aliphatic rings. The Bertz CT molecular complexity index is 85.0. The molecule has 0 spiro atoms. The first-order valence-electron chi connectivity index (χ1n) is 2.73. The Morgan fingerprint density at radius 3 is 2.67 bits per heavy atom. The first-order valence-corrected chi connectivity index (χ1v) is 2.73. The van der Waals surface area contributed by atoms with Crippen molar-refractivity contribution in [2.45, 2.75) is 0 Å². The van der Waals surface area contributed by atoms with Gasteiger partial charge in [0.15, 0.2) is 0 Å².